The molecule has 0 aliphatic carbocycles. The zero-order valence-corrected chi connectivity index (χ0v) is 10.7. The van der Waals surface area contributed by atoms with Crippen LogP contribution in [0.2, 0.25) is 0 Å². The highest BCUT2D eigenvalue weighted by Gasteiger charge is 2.10. The Morgan fingerprint density at radius 2 is 2.00 bits per heavy atom. The van der Waals surface area contributed by atoms with Crippen LogP contribution in [0.4, 0.5) is 0 Å². The first-order valence-electron chi connectivity index (χ1n) is 5.60. The van der Waals surface area contributed by atoms with Crippen molar-refractivity contribution in [3.8, 4) is 0 Å². The number of nitrogens with zero attached hydrogens (tertiary/aromatic N) is 3. The lowest BCUT2D eigenvalue weighted by Gasteiger charge is -2.19. The molecular formula is C13H19N3. The van der Waals surface area contributed by atoms with Crippen LogP contribution in [-0.4, -0.2) is 28.5 Å². The maximum atomic E-state index is 4.56. The summed E-state index contributed by atoms with van der Waals surface area (Å²) in [5, 5.41) is 0. The summed E-state index contributed by atoms with van der Waals surface area (Å²) in [5.74, 6) is 1.06. The molecule has 0 spiro atoms. The van der Waals surface area contributed by atoms with E-state index in [1.807, 2.05) is 6.92 Å². The molecule has 2 rings (SSSR count). The minimum Gasteiger partial charge on any atom is -0.331 e. The maximum Gasteiger partial charge on any atom is 0.106 e. The molecule has 1 heterocycles. The van der Waals surface area contributed by atoms with Gasteiger partial charge >= 0.3 is 0 Å². The summed E-state index contributed by atoms with van der Waals surface area (Å²) >= 11 is 0. The standard InChI is InChI=1S/C13H19N3/c1-9(15(3)4)11-6-7-13-12(8-11)14-10(2)16(13)5/h6-9H,1-5H3. The Labute approximate surface area is 96.7 Å². The first kappa shape index (κ1) is 11.1. The van der Waals surface area contributed by atoms with Crippen LogP contribution < -0.4 is 0 Å². The molecule has 0 saturated carbocycles. The van der Waals surface area contributed by atoms with Crippen LogP contribution in [0.15, 0.2) is 18.2 Å². The number of hydrogen-bond donors (Lipinski definition) is 0. The van der Waals surface area contributed by atoms with Crippen molar-refractivity contribution < 1.29 is 0 Å². The lowest BCUT2D eigenvalue weighted by atomic mass is 10.1. The van der Waals surface area contributed by atoms with Crippen LogP contribution in [-0.2, 0) is 7.05 Å². The van der Waals surface area contributed by atoms with Crippen molar-refractivity contribution in [2.75, 3.05) is 14.1 Å². The fourth-order valence-corrected chi connectivity index (χ4v) is 1.90. The summed E-state index contributed by atoms with van der Waals surface area (Å²) in [4.78, 5) is 6.76. The Hall–Kier alpha value is -1.35. The Kier molecular flexibility index (Phi) is 2.72. The van der Waals surface area contributed by atoms with Crippen LogP contribution >= 0.6 is 0 Å². The second kappa shape index (κ2) is 3.91. The number of fused-ring (bicyclic) bond motifs is 1. The molecular weight excluding hydrogens is 198 g/mol. The lowest BCUT2D eigenvalue weighted by molar-refractivity contribution is 0.321. The van der Waals surface area contributed by atoms with Gasteiger partial charge in [0.15, 0.2) is 0 Å². The number of aromatic nitrogens is 2. The molecule has 16 heavy (non-hydrogen) atoms. The highest BCUT2D eigenvalue weighted by atomic mass is 15.1. The molecule has 0 radical (unpaired) electrons. The molecule has 1 aromatic carbocycles. The van der Waals surface area contributed by atoms with E-state index in [0.717, 1.165) is 11.3 Å². The predicted molar refractivity (Wildman–Crippen MR) is 67.6 cm³/mol. The first-order valence-corrected chi connectivity index (χ1v) is 5.60. The van der Waals surface area contributed by atoms with Gasteiger partial charge in [-0.15, -0.1) is 0 Å². The third kappa shape index (κ3) is 1.71. The van der Waals surface area contributed by atoms with Gasteiger partial charge in [0.1, 0.15) is 5.82 Å². The summed E-state index contributed by atoms with van der Waals surface area (Å²) < 4.78 is 2.12. The Morgan fingerprint density at radius 1 is 1.31 bits per heavy atom. The number of benzene rings is 1. The van der Waals surface area contributed by atoms with E-state index in [9.17, 15) is 0 Å². The number of aryl methyl sites for hydroxylation is 2. The van der Waals surface area contributed by atoms with Crippen molar-refractivity contribution in [2.24, 2.45) is 7.05 Å². The van der Waals surface area contributed by atoms with Crippen LogP contribution in [0.3, 0.4) is 0 Å². The van der Waals surface area contributed by atoms with Crippen LogP contribution in [0, 0.1) is 6.92 Å². The second-order valence-electron chi connectivity index (χ2n) is 4.61. The Bertz CT molecular complexity index is 511. The van der Waals surface area contributed by atoms with E-state index in [-0.39, 0.29) is 0 Å². The molecule has 0 N–H and O–H groups in total. The minimum atomic E-state index is 0.423. The van der Waals surface area contributed by atoms with Crippen molar-refractivity contribution >= 4 is 11.0 Å². The molecule has 86 valence electrons. The zero-order chi connectivity index (χ0) is 11.9. The van der Waals surface area contributed by atoms with Gasteiger partial charge < -0.3 is 9.47 Å². The van der Waals surface area contributed by atoms with Gasteiger partial charge in [-0.3, -0.25) is 0 Å². The predicted octanol–water partition coefficient (Wildman–Crippen LogP) is 2.50. The normalized spacial score (nSPS) is 13.6. The van der Waals surface area contributed by atoms with E-state index in [4.69, 9.17) is 0 Å². The summed E-state index contributed by atoms with van der Waals surface area (Å²) in [6.07, 6.45) is 0. The van der Waals surface area contributed by atoms with Crippen LogP contribution in [0.1, 0.15) is 24.4 Å². The van der Waals surface area contributed by atoms with Crippen molar-refractivity contribution in [2.45, 2.75) is 19.9 Å². The number of hydrogen-bond acceptors (Lipinski definition) is 2. The molecule has 0 saturated heterocycles. The van der Waals surface area contributed by atoms with Gasteiger partial charge in [0.25, 0.3) is 0 Å². The van der Waals surface area contributed by atoms with Crippen LogP contribution in [0.25, 0.3) is 11.0 Å². The Balaban J connectivity index is 2.52. The van der Waals surface area contributed by atoms with Gasteiger partial charge in [-0.1, -0.05) is 6.07 Å². The molecule has 0 aliphatic rings. The van der Waals surface area contributed by atoms with Gasteiger partial charge in [0.2, 0.25) is 0 Å². The molecule has 0 bridgehead atoms. The van der Waals surface area contributed by atoms with Gasteiger partial charge in [-0.25, -0.2) is 4.98 Å². The molecule has 0 fully saturated rings. The molecule has 1 aromatic heterocycles. The largest absolute Gasteiger partial charge is 0.331 e. The van der Waals surface area contributed by atoms with Crippen LogP contribution in [0.5, 0.6) is 0 Å². The highest BCUT2D eigenvalue weighted by molar-refractivity contribution is 5.76. The van der Waals surface area contributed by atoms with Crippen molar-refractivity contribution in [1.29, 1.82) is 0 Å². The SMILES string of the molecule is Cc1nc2cc(C(C)N(C)C)ccc2n1C. The summed E-state index contributed by atoms with van der Waals surface area (Å²) in [7, 11) is 6.25. The smallest absolute Gasteiger partial charge is 0.106 e. The quantitative estimate of drug-likeness (QED) is 0.770. The van der Waals surface area contributed by atoms with Crippen molar-refractivity contribution in [3.05, 3.63) is 29.6 Å². The monoisotopic (exact) mass is 217 g/mol. The van der Waals surface area contributed by atoms with E-state index >= 15 is 0 Å². The number of imidazole rings is 1. The molecule has 0 aliphatic heterocycles. The van der Waals surface area contributed by atoms with Crippen molar-refractivity contribution in [3.63, 3.8) is 0 Å². The fraction of sp³-hybridized carbons (Fsp3) is 0.462. The third-order valence-corrected chi connectivity index (χ3v) is 3.39. The summed E-state index contributed by atoms with van der Waals surface area (Å²) in [6, 6.07) is 6.96. The fourth-order valence-electron chi connectivity index (χ4n) is 1.90. The average molecular weight is 217 g/mol. The molecule has 1 unspecified atom stereocenters. The van der Waals surface area contributed by atoms with Gasteiger partial charge in [0, 0.05) is 13.1 Å². The summed E-state index contributed by atoms with van der Waals surface area (Å²) in [6.45, 7) is 4.24. The molecule has 1 atom stereocenters. The molecule has 2 aromatic rings. The zero-order valence-electron chi connectivity index (χ0n) is 10.7. The molecule has 3 nitrogen and oxygen atoms in total. The number of rotatable bonds is 2. The topological polar surface area (TPSA) is 21.1 Å². The second-order valence-corrected chi connectivity index (χ2v) is 4.61. The van der Waals surface area contributed by atoms with E-state index in [1.54, 1.807) is 0 Å². The van der Waals surface area contributed by atoms with E-state index < -0.39 is 0 Å². The molecule has 3 heteroatoms. The van der Waals surface area contributed by atoms with Gasteiger partial charge in [-0.2, -0.15) is 0 Å². The van der Waals surface area contributed by atoms with E-state index in [0.29, 0.717) is 6.04 Å². The highest BCUT2D eigenvalue weighted by Crippen LogP contribution is 2.22. The summed E-state index contributed by atoms with van der Waals surface area (Å²) in [5.41, 5.74) is 3.61. The third-order valence-electron chi connectivity index (χ3n) is 3.39. The Morgan fingerprint density at radius 3 is 2.62 bits per heavy atom. The maximum absolute atomic E-state index is 4.56. The van der Waals surface area contributed by atoms with E-state index in [2.05, 4.69) is 60.7 Å². The van der Waals surface area contributed by atoms with Gasteiger partial charge in [0.05, 0.1) is 11.0 Å². The van der Waals surface area contributed by atoms with Gasteiger partial charge in [-0.05, 0) is 45.6 Å². The molecule has 0 amide bonds. The first-order chi connectivity index (χ1) is 7.50. The lowest BCUT2D eigenvalue weighted by Crippen LogP contribution is -2.16. The minimum absolute atomic E-state index is 0.423. The average Bonchev–Trinajstić information content (AvgIpc) is 2.53. The van der Waals surface area contributed by atoms with Crippen molar-refractivity contribution in [1.82, 2.24) is 14.5 Å². The van der Waals surface area contributed by atoms with E-state index in [1.165, 1.54) is 11.1 Å².